The first-order chi connectivity index (χ1) is 12.9. The minimum absolute atomic E-state index is 0.0227. The summed E-state index contributed by atoms with van der Waals surface area (Å²) < 4.78 is 27.8. The SMILES string of the molecule is CC1CCN(C(=O)CCNS(=O)(=O)c2ccc3c(c2)CCCC3)C(CN)C1. The van der Waals surface area contributed by atoms with E-state index in [0.717, 1.165) is 37.7 Å². The number of aryl methyl sites for hydroxylation is 2. The van der Waals surface area contributed by atoms with Crippen LogP contribution in [-0.4, -0.2) is 44.9 Å². The number of rotatable bonds is 6. The zero-order valence-corrected chi connectivity index (χ0v) is 16.9. The lowest BCUT2D eigenvalue weighted by Gasteiger charge is -2.38. The summed E-state index contributed by atoms with van der Waals surface area (Å²) in [7, 11) is -3.59. The summed E-state index contributed by atoms with van der Waals surface area (Å²) in [5, 5.41) is 0. The van der Waals surface area contributed by atoms with Crippen molar-refractivity contribution < 1.29 is 13.2 Å². The molecule has 1 aromatic carbocycles. The van der Waals surface area contributed by atoms with Crippen molar-refractivity contribution in [3.05, 3.63) is 29.3 Å². The van der Waals surface area contributed by atoms with Gasteiger partial charge in [-0.1, -0.05) is 13.0 Å². The van der Waals surface area contributed by atoms with Crippen LogP contribution in [-0.2, 0) is 27.7 Å². The Kier molecular flexibility index (Phi) is 6.55. The van der Waals surface area contributed by atoms with Crippen LogP contribution in [0.5, 0.6) is 0 Å². The Balaban J connectivity index is 1.57. The first kappa shape index (κ1) is 20.3. The highest BCUT2D eigenvalue weighted by Gasteiger charge is 2.28. The fraction of sp³-hybridized carbons (Fsp3) is 0.650. The third kappa shape index (κ3) is 4.89. The van der Waals surface area contributed by atoms with E-state index < -0.39 is 10.0 Å². The van der Waals surface area contributed by atoms with Crippen molar-refractivity contribution in [3.8, 4) is 0 Å². The van der Waals surface area contributed by atoms with Gasteiger partial charge in [-0.15, -0.1) is 0 Å². The van der Waals surface area contributed by atoms with Crippen molar-refractivity contribution in [2.45, 2.75) is 62.8 Å². The second kappa shape index (κ2) is 8.71. The van der Waals surface area contributed by atoms with E-state index in [1.165, 1.54) is 12.0 Å². The summed E-state index contributed by atoms with van der Waals surface area (Å²) >= 11 is 0. The van der Waals surface area contributed by atoms with E-state index in [2.05, 4.69) is 11.6 Å². The summed E-state index contributed by atoms with van der Waals surface area (Å²) in [6.45, 7) is 3.45. The normalized spacial score (nSPS) is 23.1. The topological polar surface area (TPSA) is 92.5 Å². The van der Waals surface area contributed by atoms with Crippen LogP contribution < -0.4 is 10.5 Å². The molecule has 0 bridgehead atoms. The number of hydrogen-bond donors (Lipinski definition) is 2. The van der Waals surface area contributed by atoms with Gasteiger partial charge in [0.1, 0.15) is 0 Å². The van der Waals surface area contributed by atoms with Crippen molar-refractivity contribution in [2.24, 2.45) is 11.7 Å². The van der Waals surface area contributed by atoms with E-state index in [9.17, 15) is 13.2 Å². The number of piperidine rings is 1. The quantitative estimate of drug-likeness (QED) is 0.771. The predicted molar refractivity (Wildman–Crippen MR) is 106 cm³/mol. The number of carbonyl (C=O) groups excluding carboxylic acids is 1. The maximum atomic E-state index is 12.6. The van der Waals surface area contributed by atoms with Crippen LogP contribution in [0.25, 0.3) is 0 Å². The largest absolute Gasteiger partial charge is 0.338 e. The summed E-state index contributed by atoms with van der Waals surface area (Å²) in [6, 6.07) is 5.45. The molecule has 0 spiro atoms. The van der Waals surface area contributed by atoms with Gasteiger partial charge < -0.3 is 10.6 Å². The Hall–Kier alpha value is -1.44. The fourth-order valence-corrected chi connectivity index (χ4v) is 5.28. The van der Waals surface area contributed by atoms with Crippen LogP contribution in [0.4, 0.5) is 0 Å². The smallest absolute Gasteiger partial charge is 0.240 e. The van der Waals surface area contributed by atoms with Crippen molar-refractivity contribution in [2.75, 3.05) is 19.6 Å². The Morgan fingerprint density at radius 1 is 1.26 bits per heavy atom. The van der Waals surface area contributed by atoms with Gasteiger partial charge in [0, 0.05) is 32.1 Å². The number of benzene rings is 1. The molecule has 0 radical (unpaired) electrons. The Labute approximate surface area is 162 Å². The second-order valence-electron chi connectivity index (χ2n) is 7.89. The zero-order chi connectivity index (χ0) is 19.4. The van der Waals surface area contributed by atoms with Crippen molar-refractivity contribution >= 4 is 15.9 Å². The lowest BCUT2D eigenvalue weighted by atomic mass is 9.92. The van der Waals surface area contributed by atoms with Gasteiger partial charge in [-0.2, -0.15) is 0 Å². The molecule has 1 heterocycles. The Bertz CT molecular complexity index is 779. The molecule has 1 amide bonds. The number of amides is 1. The first-order valence-corrected chi connectivity index (χ1v) is 11.5. The van der Waals surface area contributed by atoms with E-state index in [-0.39, 0.29) is 24.9 Å². The summed E-state index contributed by atoms with van der Waals surface area (Å²) in [6.07, 6.45) is 6.29. The number of sulfonamides is 1. The molecule has 1 saturated heterocycles. The maximum absolute atomic E-state index is 12.6. The second-order valence-corrected chi connectivity index (χ2v) is 9.66. The number of nitrogens with one attached hydrogen (secondary N) is 1. The minimum atomic E-state index is -3.59. The number of nitrogens with zero attached hydrogens (tertiary/aromatic N) is 1. The number of fused-ring (bicyclic) bond motifs is 1. The van der Waals surface area contributed by atoms with Crippen LogP contribution in [0.15, 0.2) is 23.1 Å². The lowest BCUT2D eigenvalue weighted by molar-refractivity contribution is -0.135. The monoisotopic (exact) mass is 393 g/mol. The number of nitrogens with two attached hydrogens (primary N) is 1. The predicted octanol–water partition coefficient (Wildman–Crippen LogP) is 1.82. The van der Waals surface area contributed by atoms with Gasteiger partial charge in [-0.05, 0) is 67.7 Å². The molecule has 7 heteroatoms. The number of carbonyl (C=O) groups is 1. The molecular weight excluding hydrogens is 362 g/mol. The van der Waals surface area contributed by atoms with E-state index in [1.54, 1.807) is 12.1 Å². The third-order valence-electron chi connectivity index (χ3n) is 5.83. The van der Waals surface area contributed by atoms with Crippen LogP contribution >= 0.6 is 0 Å². The zero-order valence-electron chi connectivity index (χ0n) is 16.1. The van der Waals surface area contributed by atoms with Gasteiger partial charge in [-0.25, -0.2) is 13.1 Å². The molecule has 1 aromatic rings. The average molecular weight is 394 g/mol. The molecule has 1 aliphatic heterocycles. The third-order valence-corrected chi connectivity index (χ3v) is 7.29. The molecule has 0 aromatic heterocycles. The van der Waals surface area contributed by atoms with Gasteiger partial charge >= 0.3 is 0 Å². The van der Waals surface area contributed by atoms with Gasteiger partial charge in [0.2, 0.25) is 15.9 Å². The number of hydrogen-bond acceptors (Lipinski definition) is 4. The molecule has 0 saturated carbocycles. The van der Waals surface area contributed by atoms with Crippen LogP contribution in [0, 0.1) is 5.92 Å². The molecule has 3 N–H and O–H groups in total. The Morgan fingerprint density at radius 2 is 2.00 bits per heavy atom. The van der Waals surface area contributed by atoms with Crippen molar-refractivity contribution in [1.82, 2.24) is 9.62 Å². The van der Waals surface area contributed by atoms with E-state index in [0.29, 0.717) is 23.9 Å². The highest BCUT2D eigenvalue weighted by Crippen LogP contribution is 2.24. The van der Waals surface area contributed by atoms with Gasteiger partial charge in [0.05, 0.1) is 4.90 Å². The molecule has 2 unspecified atom stereocenters. The van der Waals surface area contributed by atoms with E-state index >= 15 is 0 Å². The molecule has 2 aliphatic rings. The molecule has 1 aliphatic carbocycles. The molecule has 3 rings (SSSR count). The molecule has 6 nitrogen and oxygen atoms in total. The molecular formula is C20H31N3O3S. The average Bonchev–Trinajstić information content (AvgIpc) is 2.67. The molecule has 2 atom stereocenters. The van der Waals surface area contributed by atoms with Gasteiger partial charge in [0.15, 0.2) is 0 Å². The first-order valence-electron chi connectivity index (χ1n) is 10.0. The van der Waals surface area contributed by atoms with Crippen LogP contribution in [0.3, 0.4) is 0 Å². The van der Waals surface area contributed by atoms with Crippen LogP contribution in [0.1, 0.15) is 50.2 Å². The van der Waals surface area contributed by atoms with Crippen molar-refractivity contribution in [3.63, 3.8) is 0 Å². The van der Waals surface area contributed by atoms with Crippen molar-refractivity contribution in [1.29, 1.82) is 0 Å². The molecule has 27 heavy (non-hydrogen) atoms. The van der Waals surface area contributed by atoms with E-state index in [1.807, 2.05) is 11.0 Å². The van der Waals surface area contributed by atoms with Crippen LogP contribution in [0.2, 0.25) is 0 Å². The van der Waals surface area contributed by atoms with Gasteiger partial charge in [-0.3, -0.25) is 4.79 Å². The summed E-state index contributed by atoms with van der Waals surface area (Å²) in [4.78, 5) is 14.6. The summed E-state index contributed by atoms with van der Waals surface area (Å²) in [5.74, 6) is 0.551. The highest BCUT2D eigenvalue weighted by atomic mass is 32.2. The highest BCUT2D eigenvalue weighted by molar-refractivity contribution is 7.89. The van der Waals surface area contributed by atoms with Gasteiger partial charge in [0.25, 0.3) is 0 Å². The van der Waals surface area contributed by atoms with E-state index in [4.69, 9.17) is 5.73 Å². The molecule has 150 valence electrons. The number of likely N-dealkylation sites (tertiary alicyclic amines) is 1. The molecule has 1 fully saturated rings. The minimum Gasteiger partial charge on any atom is -0.338 e. The fourth-order valence-electron chi connectivity index (χ4n) is 4.20. The maximum Gasteiger partial charge on any atom is 0.240 e. The lowest BCUT2D eigenvalue weighted by Crippen LogP contribution is -2.49. The standard InChI is InChI=1S/C20H31N3O3S/c1-15-9-11-23(18(12-15)14-21)20(24)8-10-22-27(25,26)19-7-6-16-4-2-3-5-17(16)13-19/h6-7,13,15,18,22H,2-5,8-12,14,21H2,1H3. The summed E-state index contributed by atoms with van der Waals surface area (Å²) in [5.41, 5.74) is 8.20. The Morgan fingerprint density at radius 3 is 2.74 bits per heavy atom.